The van der Waals surface area contributed by atoms with Gasteiger partial charge in [0.2, 0.25) is 0 Å². The Bertz CT molecular complexity index is 1060. The molecule has 5 nitrogen and oxygen atoms in total. The Labute approximate surface area is 158 Å². The van der Waals surface area contributed by atoms with E-state index >= 15 is 0 Å². The highest BCUT2D eigenvalue weighted by atomic mass is 35.5. The maximum Gasteiger partial charge on any atom is 0.166 e. The Balaban J connectivity index is 1.85. The average molecular weight is 388 g/mol. The number of imidazole rings is 1. The van der Waals surface area contributed by atoms with Crippen LogP contribution in [0.3, 0.4) is 0 Å². The lowest BCUT2D eigenvalue weighted by atomic mass is 10.2. The minimum Gasteiger partial charge on any atom is -0.382 e. The zero-order valence-corrected chi connectivity index (χ0v) is 14.8. The molecular weight excluding hydrogens is 376 g/mol. The van der Waals surface area contributed by atoms with E-state index in [0.717, 1.165) is 5.56 Å². The van der Waals surface area contributed by atoms with Crippen LogP contribution in [-0.2, 0) is 6.54 Å². The summed E-state index contributed by atoms with van der Waals surface area (Å²) in [4.78, 5) is 13.0. The number of aromatic nitrogens is 4. The first kappa shape index (κ1) is 16.8. The second-order valence-corrected chi connectivity index (χ2v) is 6.47. The summed E-state index contributed by atoms with van der Waals surface area (Å²) >= 11 is 12.5. The number of rotatable bonds is 3. The van der Waals surface area contributed by atoms with Gasteiger partial charge in [-0.1, -0.05) is 41.4 Å². The molecule has 0 radical (unpaired) electrons. The van der Waals surface area contributed by atoms with Crippen LogP contribution in [0.15, 0.2) is 48.8 Å². The van der Waals surface area contributed by atoms with E-state index in [-0.39, 0.29) is 11.6 Å². The number of benzene rings is 2. The van der Waals surface area contributed by atoms with Crippen LogP contribution in [0.2, 0.25) is 10.0 Å². The van der Waals surface area contributed by atoms with Gasteiger partial charge < -0.3 is 10.3 Å². The molecule has 2 aromatic rings. The zero-order valence-electron chi connectivity index (χ0n) is 13.3. The van der Waals surface area contributed by atoms with E-state index in [1.165, 1.54) is 12.4 Å². The molecule has 2 aliphatic rings. The number of hydrogen-bond donors (Lipinski definition) is 1. The van der Waals surface area contributed by atoms with Crippen LogP contribution in [-0.4, -0.2) is 19.5 Å². The standard InChI is InChI=1S/C18H12Cl2FN5/c19-12-5-3-6-13(20)11(12)8-26-9-23-16(22)15-18(26)25-17(24-15)10-4-1-2-7-14(10)21/h1-7,9H,8,22H2. The highest BCUT2D eigenvalue weighted by molar-refractivity contribution is 6.35. The monoisotopic (exact) mass is 387 g/mol. The minimum absolute atomic E-state index is 0.219. The molecule has 0 unspecified atom stereocenters. The van der Waals surface area contributed by atoms with Crippen molar-refractivity contribution >= 4 is 29.0 Å². The molecule has 0 fully saturated rings. The average Bonchev–Trinajstić information content (AvgIpc) is 3.07. The van der Waals surface area contributed by atoms with Crippen LogP contribution in [0.4, 0.5) is 10.2 Å². The first-order valence-corrected chi connectivity index (χ1v) is 8.46. The van der Waals surface area contributed by atoms with Gasteiger partial charge in [-0.15, -0.1) is 0 Å². The first-order chi connectivity index (χ1) is 12.5. The third kappa shape index (κ3) is 2.87. The smallest absolute Gasteiger partial charge is 0.166 e. The van der Waals surface area contributed by atoms with Crippen LogP contribution in [0.1, 0.15) is 5.56 Å². The van der Waals surface area contributed by atoms with E-state index < -0.39 is 5.82 Å². The van der Waals surface area contributed by atoms with Crippen molar-refractivity contribution in [3.8, 4) is 22.9 Å². The van der Waals surface area contributed by atoms with Crippen LogP contribution in [0.25, 0.3) is 22.9 Å². The van der Waals surface area contributed by atoms with E-state index in [1.54, 1.807) is 41.0 Å². The molecule has 0 aromatic heterocycles. The molecule has 0 saturated carbocycles. The summed E-state index contributed by atoms with van der Waals surface area (Å²) in [5, 5.41) is 1.06. The third-order valence-electron chi connectivity index (χ3n) is 4.00. The molecule has 4 rings (SSSR count). The van der Waals surface area contributed by atoms with Crippen molar-refractivity contribution in [3.05, 3.63) is 70.2 Å². The summed E-state index contributed by atoms with van der Waals surface area (Å²) in [6.07, 6.45) is 1.54. The van der Waals surface area contributed by atoms with Crippen LogP contribution in [0, 0.1) is 5.82 Å². The van der Waals surface area contributed by atoms with Crippen molar-refractivity contribution in [1.29, 1.82) is 0 Å². The van der Waals surface area contributed by atoms with Gasteiger partial charge in [-0.3, -0.25) is 0 Å². The number of anilines is 1. The highest BCUT2D eigenvalue weighted by Crippen LogP contribution is 2.31. The summed E-state index contributed by atoms with van der Waals surface area (Å²) in [7, 11) is 0. The van der Waals surface area contributed by atoms with Crippen molar-refractivity contribution in [2.75, 3.05) is 5.73 Å². The lowest BCUT2D eigenvalue weighted by Crippen LogP contribution is -2.09. The van der Waals surface area contributed by atoms with Crippen LogP contribution >= 0.6 is 23.2 Å². The van der Waals surface area contributed by atoms with Gasteiger partial charge in [0.25, 0.3) is 0 Å². The highest BCUT2D eigenvalue weighted by Gasteiger charge is 2.21. The normalized spacial score (nSPS) is 11.2. The number of hydrogen-bond acceptors (Lipinski definition) is 4. The maximum absolute atomic E-state index is 14.1. The number of nitrogens with zero attached hydrogens (tertiary/aromatic N) is 4. The van der Waals surface area contributed by atoms with E-state index in [1.807, 2.05) is 0 Å². The quantitative estimate of drug-likeness (QED) is 0.560. The lowest BCUT2D eigenvalue weighted by molar-refractivity contribution is 0.630. The number of nitrogen functional groups attached to an aromatic ring is 1. The lowest BCUT2D eigenvalue weighted by Gasteiger charge is -2.13. The van der Waals surface area contributed by atoms with Gasteiger partial charge in [0, 0.05) is 15.6 Å². The van der Waals surface area contributed by atoms with Crippen molar-refractivity contribution in [2.45, 2.75) is 6.54 Å². The van der Waals surface area contributed by atoms with Crippen LogP contribution in [0.5, 0.6) is 0 Å². The fourth-order valence-electron chi connectivity index (χ4n) is 2.69. The summed E-state index contributed by atoms with van der Waals surface area (Å²) in [6.45, 7) is 0.331. The molecule has 0 bridgehead atoms. The Kier molecular flexibility index (Phi) is 4.22. The second kappa shape index (κ2) is 6.55. The SMILES string of the molecule is Nc1ncn(Cc2c(Cl)cccc2Cl)c2nc(-c3ccccc3F)nc1-2. The molecule has 130 valence electrons. The molecule has 0 aliphatic carbocycles. The van der Waals surface area contributed by atoms with Gasteiger partial charge in [-0.25, -0.2) is 19.3 Å². The molecule has 2 heterocycles. The maximum atomic E-state index is 14.1. The minimum atomic E-state index is -0.407. The predicted molar refractivity (Wildman–Crippen MR) is 99.8 cm³/mol. The predicted octanol–water partition coefficient (Wildman–Crippen LogP) is 4.52. The molecule has 0 saturated heterocycles. The fraction of sp³-hybridized carbons (Fsp3) is 0.0556. The molecule has 2 aromatic carbocycles. The summed E-state index contributed by atoms with van der Waals surface area (Å²) < 4.78 is 15.8. The van der Waals surface area contributed by atoms with Gasteiger partial charge in [-0.05, 0) is 24.3 Å². The molecular formula is C18H12Cl2FN5. The van der Waals surface area contributed by atoms with E-state index in [2.05, 4.69) is 15.0 Å². The number of halogens is 3. The van der Waals surface area contributed by atoms with Gasteiger partial charge in [-0.2, -0.15) is 0 Å². The third-order valence-corrected chi connectivity index (χ3v) is 4.71. The topological polar surface area (TPSA) is 69.6 Å². The number of fused-ring (bicyclic) bond motifs is 1. The first-order valence-electron chi connectivity index (χ1n) is 7.70. The van der Waals surface area contributed by atoms with Crippen molar-refractivity contribution in [2.24, 2.45) is 0 Å². The Morgan fingerprint density at radius 3 is 2.46 bits per heavy atom. The molecule has 0 atom stereocenters. The molecule has 26 heavy (non-hydrogen) atoms. The van der Waals surface area contributed by atoms with E-state index in [0.29, 0.717) is 33.7 Å². The summed E-state index contributed by atoms with van der Waals surface area (Å²) in [5.74, 6) is 0.537. The van der Waals surface area contributed by atoms with E-state index in [9.17, 15) is 4.39 Å². The van der Waals surface area contributed by atoms with Crippen molar-refractivity contribution in [1.82, 2.24) is 19.5 Å². The van der Waals surface area contributed by atoms with Crippen molar-refractivity contribution in [3.63, 3.8) is 0 Å². The van der Waals surface area contributed by atoms with Gasteiger partial charge in [0.05, 0.1) is 18.4 Å². The second-order valence-electron chi connectivity index (χ2n) is 5.66. The fourth-order valence-corrected chi connectivity index (χ4v) is 3.20. The van der Waals surface area contributed by atoms with E-state index in [4.69, 9.17) is 28.9 Å². The largest absolute Gasteiger partial charge is 0.382 e. The van der Waals surface area contributed by atoms with Crippen molar-refractivity contribution < 1.29 is 4.39 Å². The molecule has 0 amide bonds. The van der Waals surface area contributed by atoms with Crippen LogP contribution < -0.4 is 5.73 Å². The summed E-state index contributed by atoms with van der Waals surface area (Å²) in [6, 6.07) is 11.6. The Morgan fingerprint density at radius 1 is 1.00 bits per heavy atom. The Hall–Kier alpha value is -2.70. The molecule has 8 heteroatoms. The Morgan fingerprint density at radius 2 is 1.73 bits per heavy atom. The molecule has 0 spiro atoms. The molecule has 2 N–H and O–H groups in total. The van der Waals surface area contributed by atoms with Gasteiger partial charge >= 0.3 is 0 Å². The zero-order chi connectivity index (χ0) is 18.3. The molecule has 2 aliphatic heterocycles. The van der Waals surface area contributed by atoms with Gasteiger partial charge in [0.1, 0.15) is 5.82 Å². The summed E-state index contributed by atoms with van der Waals surface area (Å²) in [5.41, 5.74) is 7.35. The number of nitrogens with two attached hydrogens (primary N) is 1. The van der Waals surface area contributed by atoms with Gasteiger partial charge in [0.15, 0.2) is 23.2 Å².